The van der Waals surface area contributed by atoms with E-state index in [-0.39, 0.29) is 6.15 Å². The van der Waals surface area contributed by atoms with Crippen molar-refractivity contribution < 1.29 is 14.3 Å². The molecule has 0 unspecified atom stereocenters. The molecule has 0 bridgehead atoms. The van der Waals surface area contributed by atoms with Gasteiger partial charge < -0.3 is 10.5 Å². The van der Waals surface area contributed by atoms with Gasteiger partial charge in [0.25, 0.3) is 0 Å². The van der Waals surface area contributed by atoms with E-state index in [1.807, 2.05) is 60.7 Å². The van der Waals surface area contributed by atoms with Gasteiger partial charge in [-0.15, -0.1) is 0 Å². The summed E-state index contributed by atoms with van der Waals surface area (Å²) in [6, 6.07) is 27.9. The number of H-pyrrole nitrogens is 1. The highest BCUT2D eigenvalue weighted by atomic mass is 16.5. The van der Waals surface area contributed by atoms with Gasteiger partial charge in [-0.2, -0.15) is 14.7 Å². The quantitative estimate of drug-likeness (QED) is 0.391. The number of rotatable bonds is 4. The van der Waals surface area contributed by atoms with E-state index in [1.165, 1.54) is 5.56 Å². The van der Waals surface area contributed by atoms with Gasteiger partial charge in [0.1, 0.15) is 11.5 Å². The van der Waals surface area contributed by atoms with Crippen molar-refractivity contribution in [3.8, 4) is 34.0 Å². The summed E-state index contributed by atoms with van der Waals surface area (Å²) in [6.45, 7) is 2.07. The van der Waals surface area contributed by atoms with Crippen LogP contribution in [0.4, 0.5) is 5.82 Å². The Balaban J connectivity index is 0.000000821. The van der Waals surface area contributed by atoms with E-state index < -0.39 is 0 Å². The van der Waals surface area contributed by atoms with Gasteiger partial charge in [-0.3, -0.25) is 5.10 Å². The van der Waals surface area contributed by atoms with Gasteiger partial charge in [0, 0.05) is 11.1 Å². The zero-order valence-corrected chi connectivity index (χ0v) is 17.8. The minimum atomic E-state index is 0.250. The average Bonchev–Trinajstić information content (AvgIpc) is 3.21. The minimum Gasteiger partial charge on any atom is -0.457 e. The van der Waals surface area contributed by atoms with Gasteiger partial charge in [0.05, 0.1) is 22.3 Å². The number of nitrogens with two attached hydrogens (primary N) is 1. The number of fused-ring (bicyclic) bond motifs is 1. The summed E-state index contributed by atoms with van der Waals surface area (Å²) in [5.41, 5.74) is 11.9. The molecule has 162 valence electrons. The Morgan fingerprint density at radius 2 is 1.45 bits per heavy atom. The van der Waals surface area contributed by atoms with Crippen molar-refractivity contribution >= 4 is 22.9 Å². The first-order valence-corrected chi connectivity index (χ1v) is 10.1. The number of nitrogen functional groups attached to an aromatic ring is 1. The smallest absolute Gasteiger partial charge is 0.373 e. The molecule has 0 atom stereocenters. The number of carbonyl (C=O) groups excluding carboxylic acids is 2. The standard InChI is InChI=1S/C25H20N4O.CO2/c1-16-7-9-17(10-8-16)21-15-22-23(25(26)29-28-22)24(27-21)18-11-13-20(14-12-18)30-19-5-3-2-4-6-19;2-1-3/h2-15H,1H3,(H3,26,28,29);. The molecule has 0 spiro atoms. The molecule has 0 aliphatic heterocycles. The monoisotopic (exact) mass is 436 g/mol. The number of benzene rings is 3. The summed E-state index contributed by atoms with van der Waals surface area (Å²) in [5.74, 6) is 2.00. The number of nitrogens with one attached hydrogen (secondary N) is 1. The first kappa shape index (κ1) is 21.5. The molecule has 33 heavy (non-hydrogen) atoms. The number of aromatic amines is 1. The molecular weight excluding hydrogens is 416 g/mol. The molecule has 3 N–H and O–H groups in total. The van der Waals surface area contributed by atoms with Crippen molar-refractivity contribution in [1.29, 1.82) is 0 Å². The van der Waals surface area contributed by atoms with E-state index in [4.69, 9.17) is 25.0 Å². The highest BCUT2D eigenvalue weighted by Gasteiger charge is 2.15. The van der Waals surface area contributed by atoms with Crippen molar-refractivity contribution in [3.05, 3.63) is 90.5 Å². The van der Waals surface area contributed by atoms with E-state index in [2.05, 4.69) is 41.4 Å². The number of aromatic nitrogens is 3. The third-order valence-electron chi connectivity index (χ3n) is 5.03. The van der Waals surface area contributed by atoms with Crippen LogP contribution in [-0.2, 0) is 9.59 Å². The van der Waals surface area contributed by atoms with Gasteiger partial charge in [-0.1, -0.05) is 48.0 Å². The third kappa shape index (κ3) is 4.79. The molecule has 2 aromatic heterocycles. The fraction of sp³-hybridized carbons (Fsp3) is 0.0385. The largest absolute Gasteiger partial charge is 0.457 e. The summed E-state index contributed by atoms with van der Waals surface area (Å²) >= 11 is 0. The lowest BCUT2D eigenvalue weighted by atomic mass is 10.0. The molecular formula is C26H20N4O3. The predicted octanol–water partition coefficient (Wildman–Crippen LogP) is 5.39. The molecule has 0 aliphatic rings. The van der Waals surface area contributed by atoms with Crippen LogP contribution in [-0.4, -0.2) is 21.3 Å². The van der Waals surface area contributed by atoms with Crippen LogP contribution >= 0.6 is 0 Å². The molecule has 2 heterocycles. The van der Waals surface area contributed by atoms with E-state index in [9.17, 15) is 0 Å². The second kappa shape index (κ2) is 9.60. The lowest BCUT2D eigenvalue weighted by Crippen LogP contribution is -1.93. The maximum absolute atomic E-state index is 8.12. The number of anilines is 1. The SMILES string of the molecule is Cc1ccc(-c2cc3[nH]nc(N)c3c(-c3ccc(Oc4ccccc4)cc3)n2)cc1.O=C=O. The third-order valence-corrected chi connectivity index (χ3v) is 5.03. The summed E-state index contributed by atoms with van der Waals surface area (Å²) in [4.78, 5) is 21.2. The van der Waals surface area contributed by atoms with Gasteiger partial charge in [-0.25, -0.2) is 4.98 Å². The highest BCUT2D eigenvalue weighted by Crippen LogP contribution is 2.34. The zero-order chi connectivity index (χ0) is 23.2. The molecule has 3 aromatic carbocycles. The molecule has 5 aromatic rings. The second-order valence-corrected chi connectivity index (χ2v) is 7.28. The fourth-order valence-corrected chi connectivity index (χ4v) is 3.46. The Hall–Kier alpha value is -4.74. The number of hydrogen-bond acceptors (Lipinski definition) is 6. The van der Waals surface area contributed by atoms with E-state index in [0.717, 1.165) is 44.9 Å². The Morgan fingerprint density at radius 3 is 2.12 bits per heavy atom. The topological polar surface area (TPSA) is 111 Å². The molecule has 0 saturated carbocycles. The van der Waals surface area contributed by atoms with Gasteiger partial charge in [0.15, 0.2) is 5.82 Å². The number of pyridine rings is 1. The van der Waals surface area contributed by atoms with Crippen molar-refractivity contribution in [1.82, 2.24) is 15.2 Å². The molecule has 0 saturated heterocycles. The Kier molecular flexibility index (Phi) is 6.25. The van der Waals surface area contributed by atoms with E-state index >= 15 is 0 Å². The number of aryl methyl sites for hydroxylation is 1. The van der Waals surface area contributed by atoms with Crippen LogP contribution in [0.25, 0.3) is 33.4 Å². The second-order valence-electron chi connectivity index (χ2n) is 7.28. The van der Waals surface area contributed by atoms with E-state index in [1.54, 1.807) is 0 Å². The van der Waals surface area contributed by atoms with Crippen molar-refractivity contribution in [3.63, 3.8) is 0 Å². The normalized spacial score (nSPS) is 10.2. The summed E-state index contributed by atoms with van der Waals surface area (Å²) in [7, 11) is 0. The average molecular weight is 436 g/mol. The fourth-order valence-electron chi connectivity index (χ4n) is 3.46. The Labute approximate surface area is 189 Å². The van der Waals surface area contributed by atoms with Crippen molar-refractivity contribution in [2.75, 3.05) is 5.73 Å². The van der Waals surface area contributed by atoms with Crippen LogP contribution in [0.2, 0.25) is 0 Å². The van der Waals surface area contributed by atoms with Gasteiger partial charge in [0.2, 0.25) is 0 Å². The Morgan fingerprint density at radius 1 is 0.848 bits per heavy atom. The maximum atomic E-state index is 8.12. The predicted molar refractivity (Wildman–Crippen MR) is 125 cm³/mol. The van der Waals surface area contributed by atoms with Crippen LogP contribution in [0.5, 0.6) is 11.5 Å². The summed E-state index contributed by atoms with van der Waals surface area (Å²) < 4.78 is 5.91. The Bertz CT molecular complexity index is 1400. The molecule has 7 nitrogen and oxygen atoms in total. The molecule has 0 fully saturated rings. The summed E-state index contributed by atoms with van der Waals surface area (Å²) in [5, 5.41) is 8.04. The molecule has 7 heteroatoms. The lowest BCUT2D eigenvalue weighted by Gasteiger charge is -2.10. The van der Waals surface area contributed by atoms with Crippen molar-refractivity contribution in [2.45, 2.75) is 6.92 Å². The lowest BCUT2D eigenvalue weighted by molar-refractivity contribution is -0.191. The number of para-hydroxylation sites is 1. The van der Waals surface area contributed by atoms with Gasteiger partial charge >= 0.3 is 6.15 Å². The molecule has 0 amide bonds. The van der Waals surface area contributed by atoms with Gasteiger partial charge in [-0.05, 0) is 49.4 Å². The molecule has 0 aliphatic carbocycles. The first-order valence-electron chi connectivity index (χ1n) is 10.1. The van der Waals surface area contributed by atoms with Crippen LogP contribution in [0.3, 0.4) is 0 Å². The maximum Gasteiger partial charge on any atom is 0.373 e. The number of hydrogen-bond donors (Lipinski definition) is 2. The first-order chi connectivity index (χ1) is 16.1. The number of nitrogens with zero attached hydrogens (tertiary/aromatic N) is 2. The van der Waals surface area contributed by atoms with Crippen LogP contribution in [0.1, 0.15) is 5.56 Å². The molecule has 0 radical (unpaired) electrons. The minimum absolute atomic E-state index is 0.250. The van der Waals surface area contributed by atoms with Crippen molar-refractivity contribution in [2.24, 2.45) is 0 Å². The molecule has 5 rings (SSSR count). The van der Waals surface area contributed by atoms with Crippen LogP contribution in [0, 0.1) is 6.92 Å². The van der Waals surface area contributed by atoms with Crippen LogP contribution < -0.4 is 10.5 Å². The highest BCUT2D eigenvalue weighted by molar-refractivity contribution is 6.01. The van der Waals surface area contributed by atoms with E-state index in [0.29, 0.717) is 5.82 Å². The van der Waals surface area contributed by atoms with Crippen LogP contribution in [0.15, 0.2) is 84.9 Å². The number of ether oxygens (including phenoxy) is 1. The zero-order valence-electron chi connectivity index (χ0n) is 17.8. The summed E-state index contributed by atoms with van der Waals surface area (Å²) in [6.07, 6.45) is 0.250.